The number of aromatic nitrogens is 2. The van der Waals surface area contributed by atoms with Crippen LogP contribution in [-0.2, 0) is 9.84 Å². The molecule has 0 spiro atoms. The maximum absolute atomic E-state index is 12.0. The monoisotopic (exact) mass is 337 g/mol. The number of nitrogens with zero attached hydrogens (tertiary/aromatic N) is 3. The molecule has 0 bridgehead atoms. The summed E-state index contributed by atoms with van der Waals surface area (Å²) in [5, 5.41) is 3.20. The van der Waals surface area contributed by atoms with Gasteiger partial charge in [0.05, 0.1) is 5.01 Å². The molecule has 2 aromatic heterocycles. The number of rotatable bonds is 3. The minimum absolute atomic E-state index is 0.311. The molecule has 0 radical (unpaired) electrons. The normalized spacial score (nSPS) is 19.4. The summed E-state index contributed by atoms with van der Waals surface area (Å²) in [4.78, 5) is 11.3. The average molecular weight is 337 g/mol. The molecule has 1 saturated heterocycles. The maximum atomic E-state index is 12.0. The minimum Gasteiger partial charge on any atom is -0.355 e. The number of hydrogen-bond donors (Lipinski definition) is 0. The number of pyridine rings is 1. The number of aryl methyl sites for hydroxylation is 1. The Morgan fingerprint density at radius 3 is 2.91 bits per heavy atom. The highest BCUT2D eigenvalue weighted by Crippen LogP contribution is 2.33. The van der Waals surface area contributed by atoms with E-state index in [0.29, 0.717) is 16.6 Å². The van der Waals surface area contributed by atoms with Crippen molar-refractivity contribution >= 4 is 27.0 Å². The fourth-order valence-corrected chi connectivity index (χ4v) is 4.60. The molecular formula is C15H19N3O2S2. The van der Waals surface area contributed by atoms with Gasteiger partial charge in [0.25, 0.3) is 0 Å². The molecule has 0 N–H and O–H groups in total. The zero-order valence-corrected chi connectivity index (χ0v) is 14.3. The van der Waals surface area contributed by atoms with Gasteiger partial charge in [-0.15, -0.1) is 11.3 Å². The van der Waals surface area contributed by atoms with Crippen LogP contribution in [0.3, 0.4) is 0 Å². The summed E-state index contributed by atoms with van der Waals surface area (Å²) >= 11 is 1.69. The van der Waals surface area contributed by atoms with Gasteiger partial charge < -0.3 is 4.90 Å². The van der Waals surface area contributed by atoms with Crippen molar-refractivity contribution in [3.05, 3.63) is 34.4 Å². The number of hydrogen-bond acceptors (Lipinski definition) is 6. The van der Waals surface area contributed by atoms with Gasteiger partial charge in [-0.2, -0.15) is 0 Å². The molecule has 1 unspecified atom stereocenters. The molecule has 0 aliphatic carbocycles. The molecule has 118 valence electrons. The van der Waals surface area contributed by atoms with Gasteiger partial charge in [0.2, 0.25) is 0 Å². The van der Waals surface area contributed by atoms with E-state index < -0.39 is 9.84 Å². The molecular weight excluding hydrogens is 318 g/mol. The topological polar surface area (TPSA) is 63.2 Å². The van der Waals surface area contributed by atoms with Crippen molar-refractivity contribution in [1.82, 2.24) is 9.97 Å². The zero-order valence-electron chi connectivity index (χ0n) is 12.7. The fourth-order valence-electron chi connectivity index (χ4n) is 2.84. The second-order valence-corrected chi connectivity index (χ2v) is 8.58. The predicted molar refractivity (Wildman–Crippen MR) is 88.4 cm³/mol. The highest BCUT2D eigenvalue weighted by Gasteiger charge is 2.27. The predicted octanol–water partition coefficient (Wildman–Crippen LogP) is 2.63. The summed E-state index contributed by atoms with van der Waals surface area (Å²) in [6, 6.07) is 3.31. The van der Waals surface area contributed by atoms with Crippen LogP contribution in [0.15, 0.2) is 28.6 Å². The Morgan fingerprint density at radius 2 is 2.23 bits per heavy atom. The van der Waals surface area contributed by atoms with Gasteiger partial charge in [-0.05, 0) is 31.9 Å². The Morgan fingerprint density at radius 1 is 1.41 bits per heavy atom. The molecule has 3 rings (SSSR count). The number of thiazole rings is 1. The first kappa shape index (κ1) is 15.4. The molecule has 3 heterocycles. The van der Waals surface area contributed by atoms with E-state index >= 15 is 0 Å². The third-order valence-corrected chi connectivity index (χ3v) is 6.10. The molecule has 7 heteroatoms. The molecule has 0 amide bonds. The average Bonchev–Trinajstić information content (AvgIpc) is 2.93. The van der Waals surface area contributed by atoms with Crippen LogP contribution in [0.5, 0.6) is 0 Å². The van der Waals surface area contributed by atoms with E-state index in [0.717, 1.165) is 36.6 Å². The van der Waals surface area contributed by atoms with Crippen molar-refractivity contribution in [2.75, 3.05) is 24.2 Å². The number of anilines is 1. The Labute approximate surface area is 135 Å². The maximum Gasteiger partial charge on any atom is 0.179 e. The van der Waals surface area contributed by atoms with Crippen molar-refractivity contribution in [3.63, 3.8) is 0 Å². The van der Waals surface area contributed by atoms with Crippen LogP contribution in [0.1, 0.15) is 29.5 Å². The van der Waals surface area contributed by atoms with Crippen LogP contribution in [0.4, 0.5) is 5.82 Å². The number of sulfone groups is 1. The molecule has 5 nitrogen and oxygen atoms in total. The van der Waals surface area contributed by atoms with E-state index in [1.807, 2.05) is 6.92 Å². The first-order valence-corrected chi connectivity index (χ1v) is 10.0. The van der Waals surface area contributed by atoms with E-state index in [2.05, 4.69) is 20.2 Å². The van der Waals surface area contributed by atoms with Crippen molar-refractivity contribution in [1.29, 1.82) is 0 Å². The smallest absolute Gasteiger partial charge is 0.179 e. The molecule has 0 saturated carbocycles. The summed E-state index contributed by atoms with van der Waals surface area (Å²) in [6.45, 7) is 3.61. The van der Waals surface area contributed by atoms with Gasteiger partial charge in [-0.3, -0.25) is 0 Å². The van der Waals surface area contributed by atoms with Crippen LogP contribution in [0.25, 0.3) is 0 Å². The van der Waals surface area contributed by atoms with Gasteiger partial charge in [0.15, 0.2) is 9.84 Å². The van der Waals surface area contributed by atoms with E-state index in [1.54, 1.807) is 29.7 Å². The summed E-state index contributed by atoms with van der Waals surface area (Å²) in [5.41, 5.74) is 1.05. The SMILES string of the molecule is Cc1csc(C2CCCN(c3ncccc3S(C)(=O)=O)C2)n1. The standard InChI is InChI=1S/C15H19N3O2S2/c1-11-10-21-15(17-11)12-5-4-8-18(9-12)14-13(22(2,19)20)6-3-7-16-14/h3,6-7,10,12H,4-5,8-9H2,1-2H3. The van der Waals surface area contributed by atoms with Crippen molar-refractivity contribution < 1.29 is 8.42 Å². The van der Waals surface area contributed by atoms with Gasteiger partial charge in [0, 0.05) is 42.5 Å². The Balaban J connectivity index is 1.90. The van der Waals surface area contributed by atoms with Crippen LogP contribution >= 0.6 is 11.3 Å². The van der Waals surface area contributed by atoms with E-state index in [9.17, 15) is 8.42 Å². The quantitative estimate of drug-likeness (QED) is 0.861. The first-order chi connectivity index (χ1) is 10.4. The lowest BCUT2D eigenvalue weighted by molar-refractivity contribution is 0.502. The third kappa shape index (κ3) is 3.15. The highest BCUT2D eigenvalue weighted by molar-refractivity contribution is 7.90. The molecule has 0 aromatic carbocycles. The van der Waals surface area contributed by atoms with Crippen LogP contribution in [0, 0.1) is 6.92 Å². The summed E-state index contributed by atoms with van der Waals surface area (Å²) in [7, 11) is -3.28. The molecule has 1 atom stereocenters. The summed E-state index contributed by atoms with van der Waals surface area (Å²) < 4.78 is 23.9. The largest absolute Gasteiger partial charge is 0.355 e. The number of piperidine rings is 1. The van der Waals surface area contributed by atoms with E-state index in [-0.39, 0.29) is 0 Å². The Bertz CT molecular complexity index is 771. The third-order valence-electron chi connectivity index (χ3n) is 3.86. The minimum atomic E-state index is -3.28. The second kappa shape index (κ2) is 5.96. The van der Waals surface area contributed by atoms with Crippen LogP contribution in [-0.4, -0.2) is 37.7 Å². The van der Waals surface area contributed by atoms with Gasteiger partial charge in [0.1, 0.15) is 10.7 Å². The molecule has 22 heavy (non-hydrogen) atoms. The molecule has 1 fully saturated rings. The molecule has 1 aliphatic heterocycles. The van der Waals surface area contributed by atoms with Crippen molar-refractivity contribution in [2.24, 2.45) is 0 Å². The summed E-state index contributed by atoms with van der Waals surface area (Å²) in [6.07, 6.45) is 4.99. The Kier molecular flexibility index (Phi) is 4.18. The zero-order chi connectivity index (χ0) is 15.7. The fraction of sp³-hybridized carbons (Fsp3) is 0.467. The molecule has 2 aromatic rings. The van der Waals surface area contributed by atoms with Crippen molar-refractivity contribution in [2.45, 2.75) is 30.6 Å². The Hall–Kier alpha value is -1.47. The lowest BCUT2D eigenvalue weighted by Crippen LogP contribution is -2.35. The second-order valence-electron chi connectivity index (χ2n) is 5.71. The highest BCUT2D eigenvalue weighted by atomic mass is 32.2. The van der Waals surface area contributed by atoms with Crippen LogP contribution < -0.4 is 4.90 Å². The van der Waals surface area contributed by atoms with Crippen LogP contribution in [0.2, 0.25) is 0 Å². The van der Waals surface area contributed by atoms with Crippen molar-refractivity contribution in [3.8, 4) is 0 Å². The van der Waals surface area contributed by atoms with Gasteiger partial charge in [-0.1, -0.05) is 0 Å². The van der Waals surface area contributed by atoms with E-state index in [4.69, 9.17) is 0 Å². The van der Waals surface area contributed by atoms with Gasteiger partial charge >= 0.3 is 0 Å². The van der Waals surface area contributed by atoms with Gasteiger partial charge in [-0.25, -0.2) is 18.4 Å². The lowest BCUT2D eigenvalue weighted by atomic mass is 9.99. The first-order valence-electron chi connectivity index (χ1n) is 7.27. The summed E-state index contributed by atoms with van der Waals surface area (Å²) in [5.74, 6) is 0.921. The molecule has 1 aliphatic rings. The van der Waals surface area contributed by atoms with E-state index in [1.165, 1.54) is 6.26 Å². The lowest BCUT2D eigenvalue weighted by Gasteiger charge is -2.33.